The van der Waals surface area contributed by atoms with Gasteiger partial charge in [0.15, 0.2) is 0 Å². The molecule has 8 heteroatoms. The molecule has 2 aliphatic heterocycles. The molecule has 1 saturated heterocycles. The highest BCUT2D eigenvalue weighted by molar-refractivity contribution is 6.05. The van der Waals surface area contributed by atoms with E-state index in [1.165, 1.54) is 4.90 Å². The number of carbonyl (C=O) groups is 4. The molecule has 0 aliphatic carbocycles. The summed E-state index contributed by atoms with van der Waals surface area (Å²) in [6.45, 7) is 2.89. The second-order valence-electron chi connectivity index (χ2n) is 8.01. The second kappa shape index (κ2) is 9.84. The van der Waals surface area contributed by atoms with E-state index in [1.54, 1.807) is 6.07 Å². The maximum absolute atomic E-state index is 12.9. The summed E-state index contributed by atoms with van der Waals surface area (Å²) in [7, 11) is 0. The van der Waals surface area contributed by atoms with Crippen molar-refractivity contribution in [1.82, 2.24) is 15.5 Å². The summed E-state index contributed by atoms with van der Waals surface area (Å²) in [6, 6.07) is 4.72. The second-order valence-corrected chi connectivity index (χ2v) is 8.01. The minimum Gasteiger partial charge on any atom is -0.481 e. The number of unbranched alkanes of at least 4 members (excludes halogenated alkanes) is 2. The first-order valence-corrected chi connectivity index (χ1v) is 10.6. The van der Waals surface area contributed by atoms with Crippen molar-refractivity contribution in [3.8, 4) is 0 Å². The number of carboxylic acid groups (broad SMARTS) is 1. The molecule has 2 atom stereocenters. The number of imide groups is 1. The average Bonchev–Trinajstić information content (AvgIpc) is 3.03. The van der Waals surface area contributed by atoms with E-state index in [1.807, 2.05) is 12.1 Å². The molecule has 0 aromatic heterocycles. The summed E-state index contributed by atoms with van der Waals surface area (Å²) < 4.78 is 0. The van der Waals surface area contributed by atoms with Gasteiger partial charge in [-0.2, -0.15) is 0 Å². The summed E-state index contributed by atoms with van der Waals surface area (Å²) in [5.74, 6) is -1.77. The van der Waals surface area contributed by atoms with Gasteiger partial charge in [-0.3, -0.25) is 24.5 Å². The molecular formula is C22H29N3O5. The van der Waals surface area contributed by atoms with E-state index in [-0.39, 0.29) is 30.7 Å². The van der Waals surface area contributed by atoms with Crippen molar-refractivity contribution in [1.29, 1.82) is 0 Å². The third-order valence-electron chi connectivity index (χ3n) is 5.84. The topological polar surface area (TPSA) is 116 Å². The Morgan fingerprint density at radius 2 is 2.10 bits per heavy atom. The first kappa shape index (κ1) is 22.0. The molecule has 3 rings (SSSR count). The molecule has 2 heterocycles. The first-order valence-electron chi connectivity index (χ1n) is 10.6. The van der Waals surface area contributed by atoms with Gasteiger partial charge in [0.1, 0.15) is 6.04 Å². The molecule has 0 bridgehead atoms. The van der Waals surface area contributed by atoms with Gasteiger partial charge >= 0.3 is 5.97 Å². The number of rotatable bonds is 10. The fourth-order valence-corrected chi connectivity index (χ4v) is 4.20. The zero-order valence-electron chi connectivity index (χ0n) is 17.3. The quantitative estimate of drug-likeness (QED) is 0.397. The van der Waals surface area contributed by atoms with Gasteiger partial charge < -0.3 is 15.3 Å². The predicted octanol–water partition coefficient (Wildman–Crippen LogP) is 1.96. The van der Waals surface area contributed by atoms with Crippen LogP contribution in [0.5, 0.6) is 0 Å². The number of amides is 3. The molecule has 2 aliphatic rings. The van der Waals surface area contributed by atoms with E-state index in [0.29, 0.717) is 25.1 Å². The largest absolute Gasteiger partial charge is 0.481 e. The van der Waals surface area contributed by atoms with Crippen molar-refractivity contribution in [2.45, 2.75) is 77.0 Å². The Labute approximate surface area is 176 Å². The first-order chi connectivity index (χ1) is 14.4. The zero-order chi connectivity index (χ0) is 21.7. The number of hydrogen-bond donors (Lipinski definition) is 3. The molecule has 0 spiro atoms. The molecule has 0 radical (unpaired) electrons. The van der Waals surface area contributed by atoms with Crippen molar-refractivity contribution in [3.05, 3.63) is 34.9 Å². The van der Waals surface area contributed by atoms with Gasteiger partial charge in [0.2, 0.25) is 11.8 Å². The Morgan fingerprint density at radius 1 is 1.30 bits per heavy atom. The standard InChI is InChI=1S/C22H29N3O5/c1-2-3-4-7-15(11-20(27)28)23-12-14-6-5-8-16-17(14)13-25(22(16)30)18-9-10-19(26)24-21(18)29/h5-6,8,15,18,23H,2-4,7,9-13H2,1H3,(H,27,28)(H,24,26,29). The van der Waals surface area contributed by atoms with Crippen LogP contribution in [0.15, 0.2) is 18.2 Å². The smallest absolute Gasteiger partial charge is 0.304 e. The number of carbonyl (C=O) groups excluding carboxylic acids is 3. The molecule has 162 valence electrons. The Morgan fingerprint density at radius 3 is 2.80 bits per heavy atom. The lowest BCUT2D eigenvalue weighted by Crippen LogP contribution is -2.52. The van der Waals surface area contributed by atoms with Gasteiger partial charge in [-0.1, -0.05) is 38.3 Å². The Bertz CT molecular complexity index is 838. The summed E-state index contributed by atoms with van der Waals surface area (Å²) in [5, 5.41) is 14.9. The van der Waals surface area contributed by atoms with Crippen LogP contribution in [0, 0.1) is 0 Å². The SMILES string of the molecule is CCCCCC(CC(=O)O)NCc1cccc2c1CN(C1CCC(=O)NC1=O)C2=O. The molecule has 2 unspecified atom stereocenters. The zero-order valence-corrected chi connectivity index (χ0v) is 17.3. The molecule has 0 saturated carbocycles. The number of nitrogens with zero attached hydrogens (tertiary/aromatic N) is 1. The van der Waals surface area contributed by atoms with E-state index < -0.39 is 17.9 Å². The minimum absolute atomic E-state index is 0.0556. The van der Waals surface area contributed by atoms with E-state index in [2.05, 4.69) is 17.6 Å². The van der Waals surface area contributed by atoms with E-state index >= 15 is 0 Å². The lowest BCUT2D eigenvalue weighted by atomic mass is 10.0. The summed E-state index contributed by atoms with van der Waals surface area (Å²) in [5.41, 5.74) is 2.36. The van der Waals surface area contributed by atoms with Gasteiger partial charge in [-0.25, -0.2) is 0 Å². The maximum atomic E-state index is 12.9. The summed E-state index contributed by atoms with van der Waals surface area (Å²) in [6.07, 6.45) is 4.50. The Hall–Kier alpha value is -2.74. The summed E-state index contributed by atoms with van der Waals surface area (Å²) in [4.78, 5) is 49.3. The van der Waals surface area contributed by atoms with Crippen LogP contribution >= 0.6 is 0 Å². The molecule has 1 aromatic rings. The maximum Gasteiger partial charge on any atom is 0.304 e. The van der Waals surface area contributed by atoms with Gasteiger partial charge in [-0.15, -0.1) is 0 Å². The molecule has 30 heavy (non-hydrogen) atoms. The lowest BCUT2D eigenvalue weighted by molar-refractivity contribution is -0.138. The van der Waals surface area contributed by atoms with Crippen molar-refractivity contribution in [2.75, 3.05) is 0 Å². The van der Waals surface area contributed by atoms with Crippen LogP contribution in [0.25, 0.3) is 0 Å². The van der Waals surface area contributed by atoms with Crippen LogP contribution in [-0.2, 0) is 27.5 Å². The highest BCUT2D eigenvalue weighted by atomic mass is 16.4. The van der Waals surface area contributed by atoms with Crippen LogP contribution in [0.3, 0.4) is 0 Å². The molecule has 1 aromatic carbocycles. The third-order valence-corrected chi connectivity index (χ3v) is 5.84. The van der Waals surface area contributed by atoms with Crippen molar-refractivity contribution >= 4 is 23.7 Å². The van der Waals surface area contributed by atoms with Gasteiger partial charge in [0.05, 0.1) is 6.42 Å². The van der Waals surface area contributed by atoms with Crippen LogP contribution in [0.2, 0.25) is 0 Å². The van der Waals surface area contributed by atoms with Crippen LogP contribution in [0.1, 0.15) is 73.4 Å². The van der Waals surface area contributed by atoms with E-state index in [9.17, 15) is 24.3 Å². The van der Waals surface area contributed by atoms with Gasteiger partial charge in [0.25, 0.3) is 5.91 Å². The minimum atomic E-state index is -0.832. The highest BCUT2D eigenvalue weighted by Crippen LogP contribution is 2.30. The highest BCUT2D eigenvalue weighted by Gasteiger charge is 2.39. The molecule has 1 fully saturated rings. The number of benzene rings is 1. The number of nitrogens with one attached hydrogen (secondary N) is 2. The summed E-state index contributed by atoms with van der Waals surface area (Å²) >= 11 is 0. The number of aliphatic carboxylic acids is 1. The predicted molar refractivity (Wildman–Crippen MR) is 110 cm³/mol. The van der Waals surface area contributed by atoms with Crippen LogP contribution in [0.4, 0.5) is 0 Å². The van der Waals surface area contributed by atoms with Gasteiger partial charge in [-0.05, 0) is 30.0 Å². The Balaban J connectivity index is 1.70. The van der Waals surface area contributed by atoms with Crippen LogP contribution in [-0.4, -0.2) is 45.8 Å². The normalized spacial score (nSPS) is 19.6. The Kier molecular flexibility index (Phi) is 7.20. The van der Waals surface area contributed by atoms with Crippen LogP contribution < -0.4 is 10.6 Å². The fourth-order valence-electron chi connectivity index (χ4n) is 4.20. The van der Waals surface area contributed by atoms with E-state index in [4.69, 9.17) is 0 Å². The van der Waals surface area contributed by atoms with Crippen molar-refractivity contribution < 1.29 is 24.3 Å². The molecule has 8 nitrogen and oxygen atoms in total. The number of piperidine rings is 1. The fraction of sp³-hybridized carbons (Fsp3) is 0.545. The van der Waals surface area contributed by atoms with Crippen molar-refractivity contribution in [2.24, 2.45) is 0 Å². The average molecular weight is 415 g/mol. The van der Waals surface area contributed by atoms with Crippen molar-refractivity contribution in [3.63, 3.8) is 0 Å². The number of carboxylic acids is 1. The molecule has 3 N–H and O–H groups in total. The van der Waals surface area contributed by atoms with Gasteiger partial charge in [0, 0.05) is 31.1 Å². The molecular weight excluding hydrogens is 386 g/mol. The lowest BCUT2D eigenvalue weighted by Gasteiger charge is -2.29. The number of hydrogen-bond acceptors (Lipinski definition) is 5. The molecule has 3 amide bonds. The third kappa shape index (κ3) is 5.05. The van der Waals surface area contributed by atoms with E-state index in [0.717, 1.165) is 36.8 Å². The number of fused-ring (bicyclic) bond motifs is 1. The monoisotopic (exact) mass is 415 g/mol.